The molecule has 22 heavy (non-hydrogen) atoms. The number of rotatable bonds is 5. The van der Waals surface area contributed by atoms with Gasteiger partial charge in [-0.15, -0.1) is 0 Å². The third kappa shape index (κ3) is 3.98. The average Bonchev–Trinajstić information content (AvgIpc) is 2.46. The second-order valence-corrected chi connectivity index (χ2v) is 8.37. The lowest BCUT2D eigenvalue weighted by atomic mass is 9.93. The SMILES string of the molecule is COc1ccc(CN(C)C2CCCCC2S(C)(=O)=O)cc1F. The Morgan fingerprint density at radius 1 is 1.32 bits per heavy atom. The first-order valence-electron chi connectivity index (χ1n) is 7.54. The predicted molar refractivity (Wildman–Crippen MR) is 85.3 cm³/mol. The number of hydrogen-bond acceptors (Lipinski definition) is 4. The fraction of sp³-hybridized carbons (Fsp3) is 0.625. The summed E-state index contributed by atoms with van der Waals surface area (Å²) >= 11 is 0. The highest BCUT2D eigenvalue weighted by Gasteiger charge is 2.35. The Kier molecular flexibility index (Phi) is 5.45. The van der Waals surface area contributed by atoms with Gasteiger partial charge in [0, 0.05) is 18.8 Å². The summed E-state index contributed by atoms with van der Waals surface area (Å²) in [6.45, 7) is 0.525. The molecule has 6 heteroatoms. The van der Waals surface area contributed by atoms with E-state index in [9.17, 15) is 12.8 Å². The number of hydrogen-bond donors (Lipinski definition) is 0. The van der Waals surface area contributed by atoms with Crippen molar-refractivity contribution < 1.29 is 17.5 Å². The number of halogens is 1. The molecule has 1 saturated carbocycles. The van der Waals surface area contributed by atoms with E-state index >= 15 is 0 Å². The monoisotopic (exact) mass is 329 g/mol. The van der Waals surface area contributed by atoms with Crippen LogP contribution in [0.1, 0.15) is 31.2 Å². The molecule has 4 nitrogen and oxygen atoms in total. The van der Waals surface area contributed by atoms with Gasteiger partial charge in [0.25, 0.3) is 0 Å². The van der Waals surface area contributed by atoms with Crippen molar-refractivity contribution in [3.63, 3.8) is 0 Å². The maximum absolute atomic E-state index is 13.8. The zero-order valence-electron chi connectivity index (χ0n) is 13.4. The van der Waals surface area contributed by atoms with Gasteiger partial charge >= 0.3 is 0 Å². The highest BCUT2D eigenvalue weighted by molar-refractivity contribution is 7.91. The van der Waals surface area contributed by atoms with E-state index < -0.39 is 15.7 Å². The van der Waals surface area contributed by atoms with Crippen LogP contribution in [0.15, 0.2) is 18.2 Å². The topological polar surface area (TPSA) is 46.6 Å². The van der Waals surface area contributed by atoms with Gasteiger partial charge in [0.2, 0.25) is 0 Å². The van der Waals surface area contributed by atoms with Crippen molar-refractivity contribution >= 4 is 9.84 Å². The van der Waals surface area contributed by atoms with Crippen molar-refractivity contribution in [3.05, 3.63) is 29.6 Å². The Morgan fingerprint density at radius 3 is 2.59 bits per heavy atom. The van der Waals surface area contributed by atoms with Crippen LogP contribution in [0, 0.1) is 5.82 Å². The smallest absolute Gasteiger partial charge is 0.165 e. The molecule has 0 aromatic heterocycles. The maximum atomic E-state index is 13.8. The van der Waals surface area contributed by atoms with Crippen LogP contribution in [0.5, 0.6) is 5.75 Å². The molecule has 1 aromatic carbocycles. The Bertz CT molecular complexity index is 618. The quantitative estimate of drug-likeness (QED) is 0.833. The molecule has 0 spiro atoms. The van der Waals surface area contributed by atoms with Crippen LogP contribution in [0.4, 0.5) is 4.39 Å². The van der Waals surface area contributed by atoms with Crippen LogP contribution in [-0.4, -0.2) is 45.0 Å². The Labute approximate surface area is 132 Å². The average molecular weight is 329 g/mol. The summed E-state index contributed by atoms with van der Waals surface area (Å²) in [7, 11) is 0.280. The van der Waals surface area contributed by atoms with Gasteiger partial charge in [-0.3, -0.25) is 4.90 Å². The molecule has 0 radical (unpaired) electrons. The predicted octanol–water partition coefficient (Wildman–Crippen LogP) is 2.62. The Hall–Kier alpha value is -1.14. The molecule has 0 saturated heterocycles. The lowest BCUT2D eigenvalue weighted by Gasteiger charge is -2.37. The lowest BCUT2D eigenvalue weighted by Crippen LogP contribution is -2.46. The molecule has 0 heterocycles. The second kappa shape index (κ2) is 6.96. The molecule has 2 rings (SSSR count). The van der Waals surface area contributed by atoms with Crippen molar-refractivity contribution in [3.8, 4) is 5.75 Å². The Morgan fingerprint density at radius 2 is 2.00 bits per heavy atom. The van der Waals surface area contributed by atoms with E-state index in [0.29, 0.717) is 13.0 Å². The molecular weight excluding hydrogens is 305 g/mol. The van der Waals surface area contributed by atoms with Crippen molar-refractivity contribution in [2.75, 3.05) is 20.4 Å². The van der Waals surface area contributed by atoms with E-state index in [0.717, 1.165) is 24.8 Å². The van der Waals surface area contributed by atoms with E-state index in [1.807, 2.05) is 18.0 Å². The second-order valence-electron chi connectivity index (χ2n) is 6.10. The number of sulfone groups is 1. The van der Waals surface area contributed by atoms with E-state index in [-0.39, 0.29) is 17.0 Å². The number of nitrogens with zero attached hydrogens (tertiary/aromatic N) is 1. The van der Waals surface area contributed by atoms with E-state index in [1.54, 1.807) is 6.07 Å². The molecule has 0 N–H and O–H groups in total. The number of benzene rings is 1. The zero-order valence-corrected chi connectivity index (χ0v) is 14.2. The summed E-state index contributed by atoms with van der Waals surface area (Å²) in [5.74, 6) is -0.171. The van der Waals surface area contributed by atoms with Crippen LogP contribution < -0.4 is 4.74 Å². The summed E-state index contributed by atoms with van der Waals surface area (Å²) in [6.07, 6.45) is 4.89. The normalized spacial score (nSPS) is 22.8. The van der Waals surface area contributed by atoms with Crippen LogP contribution >= 0.6 is 0 Å². The van der Waals surface area contributed by atoms with Gasteiger partial charge in [-0.05, 0) is 37.6 Å². The summed E-state index contributed by atoms with van der Waals surface area (Å²) in [6, 6.07) is 4.87. The number of ether oxygens (including phenoxy) is 1. The minimum atomic E-state index is -3.07. The van der Waals surface area contributed by atoms with E-state index in [4.69, 9.17) is 4.74 Å². The molecule has 1 aliphatic carbocycles. The van der Waals surface area contributed by atoms with Crippen LogP contribution in [-0.2, 0) is 16.4 Å². The Balaban J connectivity index is 2.13. The van der Waals surface area contributed by atoms with Gasteiger partial charge < -0.3 is 4.74 Å². The molecule has 1 aliphatic rings. The van der Waals surface area contributed by atoms with Crippen molar-refractivity contribution in [2.45, 2.75) is 43.5 Å². The molecule has 0 amide bonds. The minimum Gasteiger partial charge on any atom is -0.494 e. The van der Waals surface area contributed by atoms with Crippen molar-refractivity contribution in [1.29, 1.82) is 0 Å². The van der Waals surface area contributed by atoms with Crippen molar-refractivity contribution in [1.82, 2.24) is 4.90 Å². The molecule has 0 aliphatic heterocycles. The summed E-state index contributed by atoms with van der Waals surface area (Å²) in [4.78, 5) is 2.03. The minimum absolute atomic E-state index is 0.00564. The molecule has 1 aromatic rings. The van der Waals surface area contributed by atoms with E-state index in [2.05, 4.69) is 0 Å². The fourth-order valence-electron chi connectivity index (χ4n) is 3.29. The van der Waals surface area contributed by atoms with Crippen molar-refractivity contribution in [2.24, 2.45) is 0 Å². The molecule has 2 unspecified atom stereocenters. The maximum Gasteiger partial charge on any atom is 0.165 e. The molecule has 2 atom stereocenters. The third-order valence-corrected chi connectivity index (χ3v) is 6.08. The first-order valence-corrected chi connectivity index (χ1v) is 9.50. The van der Waals surface area contributed by atoms with Gasteiger partial charge in [0.15, 0.2) is 21.4 Å². The van der Waals surface area contributed by atoms with Gasteiger partial charge in [0.05, 0.1) is 12.4 Å². The first kappa shape index (κ1) is 17.2. The van der Waals surface area contributed by atoms with Gasteiger partial charge in [-0.1, -0.05) is 18.9 Å². The number of methoxy groups -OCH3 is 1. The summed E-state index contributed by atoms with van der Waals surface area (Å²) in [5, 5.41) is -0.325. The molecule has 1 fully saturated rings. The van der Waals surface area contributed by atoms with Gasteiger partial charge in [-0.2, -0.15) is 0 Å². The van der Waals surface area contributed by atoms with Crippen LogP contribution in [0.3, 0.4) is 0 Å². The lowest BCUT2D eigenvalue weighted by molar-refractivity contribution is 0.187. The standard InChI is InChI=1S/C16H24FNO3S/c1-18(11-12-8-9-15(21-2)13(17)10-12)14-6-4-5-7-16(14)22(3,19)20/h8-10,14,16H,4-7,11H2,1-3H3. The molecule has 0 bridgehead atoms. The summed E-state index contributed by atoms with van der Waals surface area (Å²) < 4.78 is 42.7. The first-order chi connectivity index (χ1) is 10.3. The highest BCUT2D eigenvalue weighted by atomic mass is 32.2. The van der Waals surface area contributed by atoms with Gasteiger partial charge in [-0.25, -0.2) is 12.8 Å². The van der Waals surface area contributed by atoms with Crippen LogP contribution in [0.25, 0.3) is 0 Å². The highest BCUT2D eigenvalue weighted by Crippen LogP contribution is 2.28. The molecule has 124 valence electrons. The van der Waals surface area contributed by atoms with Gasteiger partial charge in [0.1, 0.15) is 0 Å². The summed E-state index contributed by atoms with van der Waals surface area (Å²) in [5.41, 5.74) is 0.818. The zero-order chi connectivity index (χ0) is 16.3. The third-order valence-electron chi connectivity index (χ3n) is 4.43. The fourth-order valence-corrected chi connectivity index (χ4v) is 4.80. The van der Waals surface area contributed by atoms with E-state index in [1.165, 1.54) is 19.4 Å². The van der Waals surface area contributed by atoms with Crippen LogP contribution in [0.2, 0.25) is 0 Å². The molecular formula is C16H24FNO3S. The largest absolute Gasteiger partial charge is 0.494 e.